The molecule has 0 atom stereocenters. The first kappa shape index (κ1) is 20.7. The van der Waals surface area contributed by atoms with Crippen molar-refractivity contribution in [2.45, 2.75) is 27.7 Å². The third-order valence-electron chi connectivity index (χ3n) is 5.23. The van der Waals surface area contributed by atoms with Crippen molar-refractivity contribution in [3.05, 3.63) is 67.1 Å². The van der Waals surface area contributed by atoms with Crippen LogP contribution in [-0.4, -0.2) is 32.9 Å². The lowest BCUT2D eigenvalue weighted by Crippen LogP contribution is -2.17. The number of ether oxygens (including phenoxy) is 1. The summed E-state index contributed by atoms with van der Waals surface area (Å²) < 4.78 is 6.56. The van der Waals surface area contributed by atoms with Gasteiger partial charge in [-0.05, 0) is 33.3 Å². The van der Waals surface area contributed by atoms with E-state index >= 15 is 0 Å². The van der Waals surface area contributed by atoms with E-state index in [1.54, 1.807) is 19.1 Å². The highest BCUT2D eigenvalue weighted by molar-refractivity contribution is 7.18. The average Bonchev–Trinajstić information content (AvgIpc) is 3.16. The second-order valence-corrected chi connectivity index (χ2v) is 8.45. The molecule has 0 fully saturated rings. The summed E-state index contributed by atoms with van der Waals surface area (Å²) in [6, 6.07) is 7.01. The SMILES string of the molecule is CCOC(=O)c1c(O)/c(=C\C(=O)c2ccc(C)cc2)n2c1nc(=O)c1c(C)c(C)sc12. The largest absolute Gasteiger partial charge is 0.505 e. The minimum atomic E-state index is -0.809. The van der Waals surface area contributed by atoms with E-state index in [1.807, 2.05) is 32.9 Å². The molecule has 0 bridgehead atoms. The van der Waals surface area contributed by atoms with E-state index in [0.717, 1.165) is 16.0 Å². The third-order valence-corrected chi connectivity index (χ3v) is 6.42. The molecule has 0 radical (unpaired) electrons. The van der Waals surface area contributed by atoms with Crippen LogP contribution in [0.25, 0.3) is 21.9 Å². The molecule has 0 aliphatic carbocycles. The fourth-order valence-electron chi connectivity index (χ4n) is 3.50. The Morgan fingerprint density at radius 3 is 2.52 bits per heavy atom. The molecule has 0 aliphatic heterocycles. The topological polar surface area (TPSA) is 98.0 Å². The summed E-state index contributed by atoms with van der Waals surface area (Å²) in [5.74, 6) is -1.60. The lowest BCUT2D eigenvalue weighted by Gasteiger charge is -2.01. The smallest absolute Gasteiger partial charge is 0.345 e. The molecule has 0 saturated heterocycles. The Hall–Kier alpha value is -3.52. The Bertz CT molecular complexity index is 1480. The molecule has 0 amide bonds. The molecule has 3 heterocycles. The van der Waals surface area contributed by atoms with E-state index in [2.05, 4.69) is 4.98 Å². The lowest BCUT2D eigenvalue weighted by molar-refractivity contribution is 0.0525. The zero-order valence-electron chi connectivity index (χ0n) is 17.5. The van der Waals surface area contributed by atoms with Gasteiger partial charge in [0.15, 0.2) is 17.2 Å². The Labute approximate surface area is 181 Å². The van der Waals surface area contributed by atoms with Gasteiger partial charge in [0.05, 0.1) is 17.3 Å². The Morgan fingerprint density at radius 2 is 1.87 bits per heavy atom. The van der Waals surface area contributed by atoms with Crippen LogP contribution in [0.4, 0.5) is 0 Å². The number of ketones is 1. The second kappa shape index (κ2) is 7.63. The van der Waals surface area contributed by atoms with Gasteiger partial charge in [-0.2, -0.15) is 4.98 Å². The predicted molar refractivity (Wildman–Crippen MR) is 119 cm³/mol. The van der Waals surface area contributed by atoms with Gasteiger partial charge in [0, 0.05) is 16.5 Å². The predicted octanol–water partition coefficient (Wildman–Crippen LogP) is 3.10. The summed E-state index contributed by atoms with van der Waals surface area (Å²) in [4.78, 5) is 43.7. The summed E-state index contributed by atoms with van der Waals surface area (Å²) in [6.45, 7) is 7.33. The van der Waals surface area contributed by atoms with Crippen molar-refractivity contribution in [1.29, 1.82) is 0 Å². The Balaban J connectivity index is 2.13. The van der Waals surface area contributed by atoms with Crippen LogP contribution in [0, 0.1) is 20.8 Å². The van der Waals surface area contributed by atoms with Gasteiger partial charge in [-0.3, -0.25) is 14.0 Å². The first-order valence-electron chi connectivity index (χ1n) is 9.71. The number of benzene rings is 1. The molecule has 0 spiro atoms. The van der Waals surface area contributed by atoms with Crippen molar-refractivity contribution in [1.82, 2.24) is 9.38 Å². The molecule has 0 saturated carbocycles. The number of nitrogens with zero attached hydrogens (tertiary/aromatic N) is 2. The van der Waals surface area contributed by atoms with E-state index in [0.29, 0.717) is 15.8 Å². The Kier molecular flexibility index (Phi) is 5.10. The van der Waals surface area contributed by atoms with Crippen LogP contribution in [0.2, 0.25) is 0 Å². The van der Waals surface area contributed by atoms with Crippen LogP contribution in [-0.2, 0) is 4.74 Å². The zero-order valence-corrected chi connectivity index (χ0v) is 18.3. The summed E-state index contributed by atoms with van der Waals surface area (Å²) >= 11 is 1.34. The molecule has 0 aliphatic rings. The van der Waals surface area contributed by atoms with Crippen LogP contribution >= 0.6 is 11.3 Å². The highest BCUT2D eigenvalue weighted by Crippen LogP contribution is 2.30. The minimum Gasteiger partial charge on any atom is -0.505 e. The van der Waals surface area contributed by atoms with Crippen LogP contribution < -0.4 is 10.9 Å². The summed E-state index contributed by atoms with van der Waals surface area (Å²) in [6.07, 6.45) is 1.26. The lowest BCUT2D eigenvalue weighted by atomic mass is 10.1. The number of hydrogen-bond acceptors (Lipinski definition) is 7. The van der Waals surface area contributed by atoms with Crippen molar-refractivity contribution < 1.29 is 19.4 Å². The van der Waals surface area contributed by atoms with Gasteiger partial charge >= 0.3 is 5.97 Å². The van der Waals surface area contributed by atoms with Crippen molar-refractivity contribution in [2.24, 2.45) is 0 Å². The Morgan fingerprint density at radius 1 is 1.19 bits per heavy atom. The number of Topliss-reactive ketones (excluding diaryl/α,β-unsaturated/α-hetero) is 1. The number of aryl methyl sites for hydroxylation is 3. The van der Waals surface area contributed by atoms with E-state index in [-0.39, 0.29) is 28.9 Å². The van der Waals surface area contributed by atoms with Gasteiger partial charge in [0.1, 0.15) is 10.4 Å². The number of esters is 1. The summed E-state index contributed by atoms with van der Waals surface area (Å²) in [5.41, 5.74) is 1.46. The van der Waals surface area contributed by atoms with Crippen LogP contribution in [0.5, 0.6) is 5.75 Å². The number of aromatic hydroxyl groups is 1. The fourth-order valence-corrected chi connectivity index (χ4v) is 4.66. The first-order valence-corrected chi connectivity index (χ1v) is 10.5. The molecule has 1 N–H and O–H groups in total. The molecule has 158 valence electrons. The van der Waals surface area contributed by atoms with E-state index in [4.69, 9.17) is 4.74 Å². The average molecular weight is 436 g/mol. The zero-order chi connectivity index (χ0) is 22.4. The van der Waals surface area contributed by atoms with Crippen molar-refractivity contribution in [3.8, 4) is 5.75 Å². The van der Waals surface area contributed by atoms with Gasteiger partial charge in [0.25, 0.3) is 5.56 Å². The number of aromatic nitrogens is 2. The van der Waals surface area contributed by atoms with Gasteiger partial charge < -0.3 is 9.84 Å². The monoisotopic (exact) mass is 436 g/mol. The van der Waals surface area contributed by atoms with Crippen LogP contribution in [0.1, 0.15) is 43.6 Å². The quantitative estimate of drug-likeness (QED) is 0.390. The molecular formula is C23H20N2O5S. The molecule has 3 aromatic heterocycles. The maximum Gasteiger partial charge on any atom is 0.345 e. The molecule has 4 rings (SSSR count). The maximum absolute atomic E-state index is 12.9. The molecule has 4 aromatic rings. The molecular weight excluding hydrogens is 416 g/mol. The molecule has 1 aromatic carbocycles. The molecule has 8 heteroatoms. The van der Waals surface area contributed by atoms with E-state index in [1.165, 1.54) is 21.8 Å². The third kappa shape index (κ3) is 3.29. The van der Waals surface area contributed by atoms with Gasteiger partial charge in [-0.1, -0.05) is 29.8 Å². The fraction of sp³-hybridized carbons (Fsp3) is 0.217. The number of carbonyl (C=O) groups is 2. The summed E-state index contributed by atoms with van der Waals surface area (Å²) in [7, 11) is 0. The number of rotatable bonds is 4. The standard InChI is InChI=1S/C23H20N2O5S/c1-5-30-23(29)18-19(27)15(10-16(26)14-8-6-11(2)7-9-14)25-20(18)24-21(28)17-12(3)13(4)31-22(17)25/h6-10,27H,5H2,1-4H3/b15-10+. The first-order chi connectivity index (χ1) is 14.7. The van der Waals surface area contributed by atoms with E-state index < -0.39 is 17.3 Å². The van der Waals surface area contributed by atoms with Gasteiger partial charge in [-0.15, -0.1) is 11.3 Å². The molecule has 31 heavy (non-hydrogen) atoms. The van der Waals surface area contributed by atoms with Gasteiger partial charge in [0.2, 0.25) is 0 Å². The molecule has 7 nitrogen and oxygen atoms in total. The van der Waals surface area contributed by atoms with Crippen LogP contribution in [0.3, 0.4) is 0 Å². The number of carbonyl (C=O) groups excluding carboxylic acids is 2. The van der Waals surface area contributed by atoms with Crippen molar-refractivity contribution >= 4 is 45.0 Å². The number of hydrogen-bond donors (Lipinski definition) is 1. The van der Waals surface area contributed by atoms with Gasteiger partial charge in [-0.25, -0.2) is 4.79 Å². The summed E-state index contributed by atoms with van der Waals surface area (Å²) in [5, 5.41) is 11.4. The van der Waals surface area contributed by atoms with Crippen molar-refractivity contribution in [2.75, 3.05) is 6.61 Å². The highest BCUT2D eigenvalue weighted by Gasteiger charge is 2.26. The van der Waals surface area contributed by atoms with Crippen molar-refractivity contribution in [3.63, 3.8) is 0 Å². The second-order valence-electron chi connectivity index (χ2n) is 7.24. The van der Waals surface area contributed by atoms with E-state index in [9.17, 15) is 19.5 Å². The minimum absolute atomic E-state index is 0.0299. The molecule has 0 unspecified atom stereocenters. The highest BCUT2D eigenvalue weighted by atomic mass is 32.1. The number of fused-ring (bicyclic) bond motifs is 3. The van der Waals surface area contributed by atoms with Crippen LogP contribution in [0.15, 0.2) is 29.1 Å². The maximum atomic E-state index is 12.9. The normalized spacial score (nSPS) is 12.1. The number of thiophene rings is 1.